The fourth-order valence-corrected chi connectivity index (χ4v) is 12.9. The first-order chi connectivity index (χ1) is 12.3. The molecule has 0 bridgehead atoms. The first-order valence-corrected chi connectivity index (χ1v) is 15.9. The smallest absolute Gasteiger partial charge is 0.107 e. The van der Waals surface area contributed by atoms with E-state index in [0.29, 0.717) is 0 Å². The quantitative estimate of drug-likeness (QED) is 0.515. The third-order valence-electron chi connectivity index (χ3n) is 6.40. The van der Waals surface area contributed by atoms with Crippen LogP contribution in [0.4, 0.5) is 0 Å². The highest BCUT2D eigenvalue weighted by atomic mass is 28.3. The Bertz CT molecular complexity index is 993. The summed E-state index contributed by atoms with van der Waals surface area (Å²) in [5, 5.41) is 6.49. The second-order valence-electron chi connectivity index (χ2n) is 8.93. The van der Waals surface area contributed by atoms with Crippen LogP contribution in [0.5, 0.6) is 0 Å². The Hall–Kier alpha value is -1.85. The first-order valence-electron chi connectivity index (χ1n) is 9.66. The maximum absolute atomic E-state index is 2.57. The van der Waals surface area contributed by atoms with Gasteiger partial charge in [-0.2, -0.15) is 0 Å². The number of allylic oxidation sites excluding steroid dienone is 1. The Morgan fingerprint density at radius 3 is 2.42 bits per heavy atom. The number of nitrogens with zero attached hydrogens (tertiary/aromatic N) is 1. The largest absolute Gasteiger partial charge is 0.351 e. The van der Waals surface area contributed by atoms with E-state index in [9.17, 15) is 0 Å². The fraction of sp³-hybridized carbons (Fsp3) is 0.304. The summed E-state index contributed by atoms with van der Waals surface area (Å²) in [7, 11) is -0.892. The molecule has 0 spiro atoms. The van der Waals surface area contributed by atoms with Gasteiger partial charge in [0.1, 0.15) is 8.07 Å². The van der Waals surface area contributed by atoms with Crippen molar-refractivity contribution < 1.29 is 0 Å². The van der Waals surface area contributed by atoms with Gasteiger partial charge in [0.15, 0.2) is 0 Å². The van der Waals surface area contributed by atoms with Crippen LogP contribution in [-0.2, 0) is 7.05 Å². The molecule has 1 aromatic heterocycles. The Balaban J connectivity index is 1.92. The molecule has 0 aliphatic carbocycles. The zero-order valence-corrected chi connectivity index (χ0v) is 18.6. The van der Waals surface area contributed by atoms with Crippen molar-refractivity contribution >= 4 is 37.4 Å². The third-order valence-corrected chi connectivity index (χ3v) is 13.9. The molecule has 1 aliphatic rings. The third kappa shape index (κ3) is 2.74. The lowest BCUT2D eigenvalue weighted by molar-refractivity contribution is 0.969. The molecule has 1 nitrogen and oxygen atoms in total. The van der Waals surface area contributed by atoms with Crippen LogP contribution in [0, 0.1) is 0 Å². The molecule has 4 rings (SSSR count). The van der Waals surface area contributed by atoms with Crippen molar-refractivity contribution in [2.45, 2.75) is 38.7 Å². The standard InChI is InChI=1S/C23H29NSi2/c1-24-15-13-18-17-19(11-12-21(18)24)23-22(14-16-25(23,2)3)26(4,5)20-9-7-6-8-10-20/h6-13,15,17H,14,16H2,1-5H3. The number of benzene rings is 2. The van der Waals surface area contributed by atoms with Gasteiger partial charge in [-0.15, -0.1) is 0 Å². The van der Waals surface area contributed by atoms with Crippen LogP contribution in [0.25, 0.3) is 16.1 Å². The second kappa shape index (κ2) is 6.10. The van der Waals surface area contributed by atoms with Crippen LogP contribution in [0.3, 0.4) is 0 Å². The van der Waals surface area contributed by atoms with Gasteiger partial charge in [-0.1, -0.05) is 84.2 Å². The summed E-state index contributed by atoms with van der Waals surface area (Å²) in [5.41, 5.74) is 2.82. The summed E-state index contributed by atoms with van der Waals surface area (Å²) in [6.45, 7) is 10.2. The van der Waals surface area contributed by atoms with E-state index in [1.165, 1.54) is 28.9 Å². The van der Waals surface area contributed by atoms with Gasteiger partial charge in [0.25, 0.3) is 0 Å². The maximum Gasteiger partial charge on any atom is 0.107 e. The summed E-state index contributed by atoms with van der Waals surface area (Å²) in [6.07, 6.45) is 3.47. The van der Waals surface area contributed by atoms with E-state index in [-0.39, 0.29) is 0 Å². The van der Waals surface area contributed by atoms with Gasteiger partial charge in [-0.3, -0.25) is 0 Å². The van der Waals surface area contributed by atoms with E-state index in [1.54, 1.807) is 15.6 Å². The van der Waals surface area contributed by atoms with Crippen molar-refractivity contribution in [1.82, 2.24) is 4.57 Å². The molecular weight excluding hydrogens is 346 g/mol. The summed E-state index contributed by atoms with van der Waals surface area (Å²) < 4.78 is 2.22. The predicted octanol–water partition coefficient (Wildman–Crippen LogP) is 5.74. The van der Waals surface area contributed by atoms with Crippen LogP contribution >= 0.6 is 0 Å². The Kier molecular flexibility index (Phi) is 4.12. The molecule has 1 aliphatic heterocycles. The van der Waals surface area contributed by atoms with Crippen molar-refractivity contribution in [2.75, 3.05) is 0 Å². The zero-order valence-electron chi connectivity index (χ0n) is 16.6. The van der Waals surface area contributed by atoms with Gasteiger partial charge in [0, 0.05) is 24.1 Å². The first kappa shape index (κ1) is 17.6. The summed E-state index contributed by atoms with van der Waals surface area (Å²) in [4.78, 5) is 0. The van der Waals surface area contributed by atoms with Gasteiger partial charge in [0.2, 0.25) is 0 Å². The molecule has 0 amide bonds. The van der Waals surface area contributed by atoms with Crippen LogP contribution < -0.4 is 5.19 Å². The van der Waals surface area contributed by atoms with Crippen molar-refractivity contribution in [2.24, 2.45) is 7.05 Å². The summed E-state index contributed by atoms with van der Waals surface area (Å²) >= 11 is 0. The minimum absolute atomic E-state index is 1.30. The zero-order chi connectivity index (χ0) is 18.5. The summed E-state index contributed by atoms with van der Waals surface area (Å²) in [5.74, 6) is 0. The van der Waals surface area contributed by atoms with Crippen molar-refractivity contribution in [3.05, 3.63) is 71.6 Å². The van der Waals surface area contributed by atoms with Gasteiger partial charge in [-0.05, 0) is 30.2 Å². The predicted molar refractivity (Wildman–Crippen MR) is 120 cm³/mol. The molecule has 0 atom stereocenters. The molecular formula is C23H29NSi2. The molecule has 3 aromatic rings. The van der Waals surface area contributed by atoms with Crippen LogP contribution in [0.2, 0.25) is 32.2 Å². The Labute approximate surface area is 159 Å². The van der Waals surface area contributed by atoms with Gasteiger partial charge >= 0.3 is 0 Å². The van der Waals surface area contributed by atoms with E-state index in [1.807, 2.05) is 0 Å². The van der Waals surface area contributed by atoms with Crippen LogP contribution in [0.1, 0.15) is 12.0 Å². The number of hydrogen-bond donors (Lipinski definition) is 0. The lowest BCUT2D eigenvalue weighted by atomic mass is 10.1. The lowest BCUT2D eigenvalue weighted by Crippen LogP contribution is -2.44. The monoisotopic (exact) mass is 375 g/mol. The van der Waals surface area contributed by atoms with E-state index in [0.717, 1.165) is 0 Å². The normalized spacial score (nSPS) is 17.3. The lowest BCUT2D eigenvalue weighted by Gasteiger charge is -2.29. The number of aromatic nitrogens is 1. The SMILES string of the molecule is Cn1ccc2cc(C3=C([Si](C)(C)c4ccccc4)CC[Si]3(C)C)ccc21. The molecule has 0 radical (unpaired) electrons. The van der Waals surface area contributed by atoms with Gasteiger partial charge in [0.05, 0.1) is 8.07 Å². The number of fused-ring (bicyclic) bond motifs is 1. The average Bonchev–Trinajstić information content (AvgIpc) is 3.15. The van der Waals surface area contributed by atoms with E-state index >= 15 is 0 Å². The van der Waals surface area contributed by atoms with Gasteiger partial charge in [-0.25, -0.2) is 0 Å². The molecule has 0 unspecified atom stereocenters. The number of rotatable bonds is 3. The van der Waals surface area contributed by atoms with Crippen molar-refractivity contribution in [1.29, 1.82) is 0 Å². The topological polar surface area (TPSA) is 4.93 Å². The number of hydrogen-bond acceptors (Lipinski definition) is 0. The van der Waals surface area contributed by atoms with Crippen molar-refractivity contribution in [3.63, 3.8) is 0 Å². The molecule has 0 saturated carbocycles. The van der Waals surface area contributed by atoms with E-state index in [2.05, 4.69) is 98.6 Å². The van der Waals surface area contributed by atoms with Crippen LogP contribution in [-0.4, -0.2) is 20.7 Å². The fourth-order valence-electron chi connectivity index (χ4n) is 4.75. The highest BCUT2D eigenvalue weighted by Gasteiger charge is 2.42. The molecule has 0 saturated heterocycles. The number of aryl methyl sites for hydroxylation is 1. The highest BCUT2D eigenvalue weighted by Crippen LogP contribution is 2.45. The molecule has 2 heterocycles. The average molecular weight is 376 g/mol. The Morgan fingerprint density at radius 2 is 1.69 bits per heavy atom. The molecule has 0 fully saturated rings. The molecule has 2 aromatic carbocycles. The van der Waals surface area contributed by atoms with E-state index in [4.69, 9.17) is 0 Å². The molecule has 3 heteroatoms. The van der Waals surface area contributed by atoms with Gasteiger partial charge < -0.3 is 4.57 Å². The van der Waals surface area contributed by atoms with Crippen molar-refractivity contribution in [3.8, 4) is 0 Å². The van der Waals surface area contributed by atoms with Crippen LogP contribution in [0.15, 0.2) is 66.0 Å². The Morgan fingerprint density at radius 1 is 0.962 bits per heavy atom. The summed E-state index contributed by atoms with van der Waals surface area (Å²) in [6, 6.07) is 22.0. The maximum atomic E-state index is 2.57. The molecule has 134 valence electrons. The van der Waals surface area contributed by atoms with E-state index < -0.39 is 16.1 Å². The highest BCUT2D eigenvalue weighted by molar-refractivity contribution is 7.04. The molecule has 26 heavy (non-hydrogen) atoms. The second-order valence-corrected chi connectivity index (χ2v) is 18.1. The molecule has 0 N–H and O–H groups in total. The minimum Gasteiger partial charge on any atom is -0.351 e. The minimum atomic E-state index is -1.63.